The fourth-order valence-corrected chi connectivity index (χ4v) is 2.80. The molecule has 1 aliphatic rings. The fourth-order valence-electron chi connectivity index (χ4n) is 2.80. The van der Waals surface area contributed by atoms with Crippen molar-refractivity contribution in [1.29, 1.82) is 0 Å². The second kappa shape index (κ2) is 5.39. The highest BCUT2D eigenvalue weighted by Crippen LogP contribution is 2.38. The van der Waals surface area contributed by atoms with Crippen molar-refractivity contribution in [1.82, 2.24) is 15.3 Å². The summed E-state index contributed by atoms with van der Waals surface area (Å²) in [4.78, 5) is 8.25. The lowest BCUT2D eigenvalue weighted by Gasteiger charge is -2.24. The number of hydrogen-bond donors (Lipinski definition) is 1. The van der Waals surface area contributed by atoms with E-state index >= 15 is 0 Å². The van der Waals surface area contributed by atoms with Gasteiger partial charge in [-0.15, -0.1) is 0 Å². The van der Waals surface area contributed by atoms with Crippen molar-refractivity contribution in [3.05, 3.63) is 24.3 Å². The van der Waals surface area contributed by atoms with Crippen LogP contribution in [0.5, 0.6) is 0 Å². The fraction of sp³-hybridized carbons (Fsp3) is 0.692. The van der Waals surface area contributed by atoms with Gasteiger partial charge < -0.3 is 5.32 Å². The van der Waals surface area contributed by atoms with E-state index in [1.165, 1.54) is 24.8 Å². The van der Waals surface area contributed by atoms with Crippen LogP contribution in [0.4, 0.5) is 0 Å². The quantitative estimate of drug-likeness (QED) is 0.845. The zero-order chi connectivity index (χ0) is 11.4. The molecule has 0 radical (unpaired) electrons. The number of hydrogen-bond acceptors (Lipinski definition) is 3. The van der Waals surface area contributed by atoms with Crippen LogP contribution in [-0.4, -0.2) is 16.5 Å². The Hall–Kier alpha value is -0.960. The molecule has 3 heteroatoms. The molecule has 3 unspecified atom stereocenters. The van der Waals surface area contributed by atoms with Gasteiger partial charge in [-0.25, -0.2) is 9.97 Å². The van der Waals surface area contributed by atoms with Crippen molar-refractivity contribution in [2.75, 3.05) is 6.54 Å². The maximum Gasteiger partial charge on any atom is 0.115 e. The van der Waals surface area contributed by atoms with E-state index in [-0.39, 0.29) is 0 Å². The van der Waals surface area contributed by atoms with Gasteiger partial charge in [0.25, 0.3) is 0 Å². The van der Waals surface area contributed by atoms with Gasteiger partial charge in [0.1, 0.15) is 6.33 Å². The average molecular weight is 219 g/mol. The summed E-state index contributed by atoms with van der Waals surface area (Å²) in [5, 5.41) is 3.58. The van der Waals surface area contributed by atoms with Crippen LogP contribution in [0.3, 0.4) is 0 Å². The molecular formula is C13H21N3. The van der Waals surface area contributed by atoms with Gasteiger partial charge in [-0.1, -0.05) is 20.3 Å². The topological polar surface area (TPSA) is 37.8 Å². The third-order valence-corrected chi connectivity index (χ3v) is 3.57. The Kier molecular flexibility index (Phi) is 3.88. The first-order valence-corrected chi connectivity index (χ1v) is 6.29. The largest absolute Gasteiger partial charge is 0.310 e. The molecule has 0 spiro atoms. The molecule has 1 heterocycles. The summed E-state index contributed by atoms with van der Waals surface area (Å²) in [6.45, 7) is 5.52. The lowest BCUT2D eigenvalue weighted by Crippen LogP contribution is -2.27. The number of rotatable bonds is 4. The molecular weight excluding hydrogens is 198 g/mol. The third-order valence-electron chi connectivity index (χ3n) is 3.57. The van der Waals surface area contributed by atoms with Crippen molar-refractivity contribution in [3.63, 3.8) is 0 Å². The Morgan fingerprint density at radius 3 is 2.69 bits per heavy atom. The Bertz CT molecular complexity index is 312. The molecule has 0 amide bonds. The first-order valence-electron chi connectivity index (χ1n) is 6.29. The second-order valence-corrected chi connectivity index (χ2v) is 4.89. The summed E-state index contributed by atoms with van der Waals surface area (Å²) >= 11 is 0. The molecule has 1 saturated carbocycles. The summed E-state index contributed by atoms with van der Waals surface area (Å²) in [6.07, 6.45) is 9.51. The van der Waals surface area contributed by atoms with E-state index in [9.17, 15) is 0 Å². The molecule has 0 bridgehead atoms. The Labute approximate surface area is 97.7 Å². The summed E-state index contributed by atoms with van der Waals surface area (Å²) in [5.74, 6) is 1.62. The van der Waals surface area contributed by atoms with E-state index in [1.807, 2.05) is 12.4 Å². The summed E-state index contributed by atoms with van der Waals surface area (Å²) < 4.78 is 0. The maximum absolute atomic E-state index is 4.13. The van der Waals surface area contributed by atoms with Crippen molar-refractivity contribution < 1.29 is 0 Å². The molecule has 1 fully saturated rings. The van der Waals surface area contributed by atoms with Gasteiger partial charge in [0.2, 0.25) is 0 Å². The van der Waals surface area contributed by atoms with E-state index in [1.54, 1.807) is 6.33 Å². The normalized spacial score (nSPS) is 26.9. The van der Waals surface area contributed by atoms with E-state index in [2.05, 4.69) is 29.1 Å². The highest BCUT2D eigenvalue weighted by Gasteiger charge is 2.29. The van der Waals surface area contributed by atoms with Crippen LogP contribution in [0.15, 0.2) is 18.7 Å². The van der Waals surface area contributed by atoms with Crippen molar-refractivity contribution in [2.24, 2.45) is 11.8 Å². The standard InChI is InChI=1S/C13H21N3/c1-3-16-13(11-5-4-10(2)6-11)12-7-14-9-15-8-12/h7-11,13,16H,3-6H2,1-2H3. The van der Waals surface area contributed by atoms with E-state index in [4.69, 9.17) is 0 Å². The van der Waals surface area contributed by atoms with Gasteiger partial charge in [0.15, 0.2) is 0 Å². The minimum Gasteiger partial charge on any atom is -0.310 e. The van der Waals surface area contributed by atoms with Crippen LogP contribution in [0.2, 0.25) is 0 Å². The molecule has 3 atom stereocenters. The van der Waals surface area contributed by atoms with Crippen LogP contribution in [0, 0.1) is 11.8 Å². The van der Waals surface area contributed by atoms with Crippen LogP contribution in [-0.2, 0) is 0 Å². The first-order chi connectivity index (χ1) is 7.81. The Balaban J connectivity index is 2.11. The van der Waals surface area contributed by atoms with Gasteiger partial charge in [0, 0.05) is 24.0 Å². The first kappa shape index (κ1) is 11.5. The maximum atomic E-state index is 4.13. The zero-order valence-corrected chi connectivity index (χ0v) is 10.2. The van der Waals surface area contributed by atoms with Crippen molar-refractivity contribution in [2.45, 2.75) is 39.2 Å². The predicted octanol–water partition coefficient (Wildman–Crippen LogP) is 2.56. The number of nitrogens with zero attached hydrogens (tertiary/aromatic N) is 2. The summed E-state index contributed by atoms with van der Waals surface area (Å²) in [6, 6.07) is 0.441. The molecule has 0 saturated heterocycles. The molecule has 1 aliphatic carbocycles. The van der Waals surface area contributed by atoms with Crippen LogP contribution in [0.25, 0.3) is 0 Å². The lowest BCUT2D eigenvalue weighted by molar-refractivity contribution is 0.363. The van der Waals surface area contributed by atoms with E-state index < -0.39 is 0 Å². The van der Waals surface area contributed by atoms with Crippen molar-refractivity contribution >= 4 is 0 Å². The van der Waals surface area contributed by atoms with Gasteiger partial charge in [-0.2, -0.15) is 0 Å². The second-order valence-electron chi connectivity index (χ2n) is 4.89. The Morgan fingerprint density at radius 1 is 1.38 bits per heavy atom. The molecule has 1 aromatic rings. The minimum absolute atomic E-state index is 0.441. The number of nitrogens with one attached hydrogen (secondary N) is 1. The smallest absolute Gasteiger partial charge is 0.115 e. The SMILES string of the molecule is CCNC(c1cncnc1)C1CCC(C)C1. The van der Waals surface area contributed by atoms with E-state index in [0.717, 1.165) is 18.4 Å². The highest BCUT2D eigenvalue weighted by molar-refractivity contribution is 5.11. The van der Waals surface area contributed by atoms with E-state index in [0.29, 0.717) is 6.04 Å². The van der Waals surface area contributed by atoms with Gasteiger partial charge in [-0.3, -0.25) is 0 Å². The summed E-state index contributed by atoms with van der Waals surface area (Å²) in [5.41, 5.74) is 1.24. The van der Waals surface area contributed by atoms with Crippen molar-refractivity contribution in [3.8, 4) is 0 Å². The van der Waals surface area contributed by atoms with Gasteiger partial charge >= 0.3 is 0 Å². The molecule has 0 aliphatic heterocycles. The molecule has 2 rings (SSSR count). The van der Waals surface area contributed by atoms with Crippen LogP contribution >= 0.6 is 0 Å². The Morgan fingerprint density at radius 2 is 2.12 bits per heavy atom. The average Bonchev–Trinajstić information content (AvgIpc) is 2.74. The number of aromatic nitrogens is 2. The summed E-state index contributed by atoms with van der Waals surface area (Å²) in [7, 11) is 0. The molecule has 16 heavy (non-hydrogen) atoms. The minimum atomic E-state index is 0.441. The van der Waals surface area contributed by atoms with Crippen LogP contribution < -0.4 is 5.32 Å². The van der Waals surface area contributed by atoms with Gasteiger partial charge in [-0.05, 0) is 31.2 Å². The molecule has 1 N–H and O–H groups in total. The molecule has 88 valence electrons. The van der Waals surface area contributed by atoms with Crippen LogP contribution in [0.1, 0.15) is 44.7 Å². The predicted molar refractivity (Wildman–Crippen MR) is 65.0 cm³/mol. The zero-order valence-electron chi connectivity index (χ0n) is 10.2. The lowest BCUT2D eigenvalue weighted by atomic mass is 9.92. The third kappa shape index (κ3) is 2.59. The molecule has 3 nitrogen and oxygen atoms in total. The molecule has 0 aromatic carbocycles. The van der Waals surface area contributed by atoms with Gasteiger partial charge in [0.05, 0.1) is 0 Å². The molecule has 1 aromatic heterocycles. The monoisotopic (exact) mass is 219 g/mol. The highest BCUT2D eigenvalue weighted by atomic mass is 14.9.